The molecule has 3 heterocycles. The van der Waals surface area contributed by atoms with Crippen LogP contribution in [0.15, 0.2) is 70.0 Å². The fourth-order valence-corrected chi connectivity index (χ4v) is 4.10. The SMILES string of the molecule is Cc1ccnc(N2C(=O)c3oc4ccc(Cl)cc4c(=O)c3C2c2ccc([N+](=O)[O-])cc2)c1. The number of benzene rings is 2. The van der Waals surface area contributed by atoms with Crippen molar-refractivity contribution < 1.29 is 14.1 Å². The zero-order valence-electron chi connectivity index (χ0n) is 16.6. The maximum absolute atomic E-state index is 13.5. The number of non-ortho nitro benzene ring substituents is 1. The van der Waals surface area contributed by atoms with Crippen molar-refractivity contribution in [1.29, 1.82) is 0 Å². The molecule has 4 aromatic rings. The lowest BCUT2D eigenvalue weighted by Gasteiger charge is -2.24. The Morgan fingerprint density at radius 3 is 2.53 bits per heavy atom. The number of aryl methyl sites for hydroxylation is 1. The number of hydrogen-bond donors (Lipinski definition) is 0. The predicted molar refractivity (Wildman–Crippen MR) is 118 cm³/mol. The first-order chi connectivity index (χ1) is 15.3. The van der Waals surface area contributed by atoms with Crippen molar-refractivity contribution in [3.63, 3.8) is 0 Å². The number of carbonyl (C=O) groups is 1. The Bertz CT molecular complexity index is 1480. The summed E-state index contributed by atoms with van der Waals surface area (Å²) in [6.07, 6.45) is 1.57. The molecule has 0 radical (unpaired) electrons. The second-order valence-corrected chi connectivity index (χ2v) is 7.87. The number of nitro groups is 1. The molecule has 5 rings (SSSR count). The molecule has 0 bridgehead atoms. The van der Waals surface area contributed by atoms with Gasteiger partial charge in [0.15, 0.2) is 5.43 Å². The molecule has 1 atom stereocenters. The van der Waals surface area contributed by atoms with Gasteiger partial charge in [0.25, 0.3) is 11.6 Å². The van der Waals surface area contributed by atoms with Crippen LogP contribution in [0.3, 0.4) is 0 Å². The highest BCUT2D eigenvalue weighted by Gasteiger charge is 2.44. The number of halogens is 1. The van der Waals surface area contributed by atoms with Crippen molar-refractivity contribution in [1.82, 2.24) is 4.98 Å². The van der Waals surface area contributed by atoms with E-state index < -0.39 is 22.3 Å². The van der Waals surface area contributed by atoms with E-state index >= 15 is 0 Å². The van der Waals surface area contributed by atoms with Crippen LogP contribution in [0.25, 0.3) is 11.0 Å². The van der Waals surface area contributed by atoms with Crippen LogP contribution in [-0.2, 0) is 0 Å². The Morgan fingerprint density at radius 1 is 1.09 bits per heavy atom. The van der Waals surface area contributed by atoms with E-state index in [1.54, 1.807) is 30.5 Å². The third kappa shape index (κ3) is 3.04. The van der Waals surface area contributed by atoms with Crippen LogP contribution in [0.2, 0.25) is 5.02 Å². The molecule has 0 fully saturated rings. The van der Waals surface area contributed by atoms with E-state index in [1.807, 2.05) is 6.92 Å². The van der Waals surface area contributed by atoms with Crippen LogP contribution >= 0.6 is 11.6 Å². The molecule has 0 spiro atoms. The minimum absolute atomic E-state index is 0.0866. The first kappa shape index (κ1) is 19.9. The highest BCUT2D eigenvalue weighted by Crippen LogP contribution is 2.41. The van der Waals surface area contributed by atoms with E-state index in [1.165, 1.54) is 35.2 Å². The fourth-order valence-electron chi connectivity index (χ4n) is 3.93. The van der Waals surface area contributed by atoms with Gasteiger partial charge in [-0.15, -0.1) is 0 Å². The number of pyridine rings is 1. The molecule has 8 nitrogen and oxygen atoms in total. The Kier molecular flexibility index (Phi) is 4.53. The molecular weight excluding hydrogens is 434 g/mol. The van der Waals surface area contributed by atoms with Crippen LogP contribution in [0.1, 0.15) is 33.3 Å². The maximum Gasteiger partial charge on any atom is 0.296 e. The third-order valence-corrected chi connectivity index (χ3v) is 5.63. The molecule has 2 aromatic heterocycles. The van der Waals surface area contributed by atoms with Crippen LogP contribution in [-0.4, -0.2) is 15.8 Å². The van der Waals surface area contributed by atoms with Gasteiger partial charge in [0.1, 0.15) is 11.4 Å². The molecule has 0 N–H and O–H groups in total. The van der Waals surface area contributed by atoms with Crippen molar-refractivity contribution in [3.05, 3.63) is 109 Å². The maximum atomic E-state index is 13.5. The number of nitrogens with zero attached hydrogens (tertiary/aromatic N) is 3. The van der Waals surface area contributed by atoms with Crippen molar-refractivity contribution in [2.45, 2.75) is 13.0 Å². The first-order valence-corrected chi connectivity index (χ1v) is 10.00. The minimum atomic E-state index is -0.868. The lowest BCUT2D eigenvalue weighted by atomic mass is 9.98. The molecule has 0 saturated carbocycles. The molecule has 32 heavy (non-hydrogen) atoms. The normalized spacial score (nSPS) is 15.2. The van der Waals surface area contributed by atoms with E-state index in [-0.39, 0.29) is 28.0 Å². The van der Waals surface area contributed by atoms with Gasteiger partial charge in [-0.3, -0.25) is 24.6 Å². The molecule has 1 aliphatic rings. The zero-order chi connectivity index (χ0) is 22.6. The summed E-state index contributed by atoms with van der Waals surface area (Å²) in [7, 11) is 0. The predicted octanol–water partition coefficient (Wildman–Crippen LogP) is 4.81. The monoisotopic (exact) mass is 447 g/mol. The van der Waals surface area contributed by atoms with Crippen molar-refractivity contribution >= 4 is 40.0 Å². The summed E-state index contributed by atoms with van der Waals surface area (Å²) in [6.45, 7) is 1.86. The van der Waals surface area contributed by atoms with E-state index in [0.717, 1.165) is 5.56 Å². The highest BCUT2D eigenvalue weighted by molar-refractivity contribution is 6.31. The summed E-state index contributed by atoms with van der Waals surface area (Å²) < 4.78 is 5.86. The Morgan fingerprint density at radius 2 is 1.84 bits per heavy atom. The van der Waals surface area contributed by atoms with Gasteiger partial charge in [0.2, 0.25) is 5.76 Å². The smallest absolute Gasteiger partial charge is 0.296 e. The summed E-state index contributed by atoms with van der Waals surface area (Å²) >= 11 is 6.08. The standard InChI is InChI=1S/C23H14ClN3O5/c1-12-8-9-25-18(10-12)26-20(13-2-5-15(6-3-13)27(30)31)19-21(28)16-11-14(24)4-7-17(16)32-22(19)23(26)29/h2-11,20H,1H3. The van der Waals surface area contributed by atoms with Gasteiger partial charge in [0.05, 0.1) is 21.9 Å². The Balaban J connectivity index is 1.80. The van der Waals surface area contributed by atoms with E-state index in [2.05, 4.69) is 4.98 Å². The molecule has 0 aliphatic carbocycles. The van der Waals surface area contributed by atoms with Gasteiger partial charge in [-0.25, -0.2) is 4.98 Å². The van der Waals surface area contributed by atoms with Gasteiger partial charge < -0.3 is 4.42 Å². The average Bonchev–Trinajstić information content (AvgIpc) is 3.07. The van der Waals surface area contributed by atoms with Crippen LogP contribution in [0.5, 0.6) is 0 Å². The topological polar surface area (TPSA) is 107 Å². The van der Waals surface area contributed by atoms with Crippen LogP contribution in [0.4, 0.5) is 11.5 Å². The van der Waals surface area contributed by atoms with Gasteiger partial charge >= 0.3 is 0 Å². The van der Waals surface area contributed by atoms with E-state index in [0.29, 0.717) is 16.4 Å². The molecule has 9 heteroatoms. The molecule has 1 unspecified atom stereocenters. The molecule has 1 aliphatic heterocycles. The molecular formula is C23H14ClN3O5. The molecule has 1 amide bonds. The third-order valence-electron chi connectivity index (χ3n) is 5.40. The minimum Gasteiger partial charge on any atom is -0.450 e. The van der Waals surface area contributed by atoms with Gasteiger partial charge in [-0.2, -0.15) is 0 Å². The lowest BCUT2D eigenvalue weighted by Crippen LogP contribution is -2.30. The average molecular weight is 448 g/mol. The highest BCUT2D eigenvalue weighted by atomic mass is 35.5. The second-order valence-electron chi connectivity index (χ2n) is 7.43. The summed E-state index contributed by atoms with van der Waals surface area (Å²) in [5, 5.41) is 11.7. The lowest BCUT2D eigenvalue weighted by molar-refractivity contribution is -0.384. The number of fused-ring (bicyclic) bond motifs is 2. The van der Waals surface area contributed by atoms with Gasteiger partial charge in [-0.05, 0) is 60.5 Å². The van der Waals surface area contributed by atoms with E-state index in [4.69, 9.17) is 16.0 Å². The number of hydrogen-bond acceptors (Lipinski definition) is 6. The Labute approximate surface area is 185 Å². The van der Waals surface area contributed by atoms with Crippen LogP contribution < -0.4 is 10.3 Å². The van der Waals surface area contributed by atoms with Gasteiger partial charge in [-0.1, -0.05) is 11.6 Å². The number of amides is 1. The quantitative estimate of drug-likeness (QED) is 0.329. The number of anilines is 1. The summed E-state index contributed by atoms with van der Waals surface area (Å²) in [5.74, 6) is -0.266. The number of carbonyl (C=O) groups excluding carboxylic acids is 1. The summed E-state index contributed by atoms with van der Waals surface area (Å²) in [5.41, 5.74) is 1.28. The Hall–Kier alpha value is -4.04. The largest absolute Gasteiger partial charge is 0.450 e. The molecule has 2 aromatic carbocycles. The van der Waals surface area contributed by atoms with Crippen LogP contribution in [0, 0.1) is 17.0 Å². The first-order valence-electron chi connectivity index (χ1n) is 9.62. The van der Waals surface area contributed by atoms with E-state index in [9.17, 15) is 19.7 Å². The summed E-state index contributed by atoms with van der Waals surface area (Å²) in [4.78, 5) is 43.2. The fraction of sp³-hybridized carbons (Fsp3) is 0.0870. The number of rotatable bonds is 3. The number of aromatic nitrogens is 1. The second kappa shape index (κ2) is 7.28. The van der Waals surface area contributed by atoms with Crippen molar-refractivity contribution in [2.24, 2.45) is 0 Å². The van der Waals surface area contributed by atoms with Crippen molar-refractivity contribution in [2.75, 3.05) is 4.90 Å². The summed E-state index contributed by atoms with van der Waals surface area (Å²) in [6, 6.07) is 13.0. The molecule has 158 valence electrons. The van der Waals surface area contributed by atoms with Gasteiger partial charge in [0, 0.05) is 23.4 Å². The van der Waals surface area contributed by atoms with Crippen molar-refractivity contribution in [3.8, 4) is 0 Å². The zero-order valence-corrected chi connectivity index (χ0v) is 17.4. The molecule has 0 saturated heterocycles. The number of nitro benzene ring substituents is 1.